The number of nitrogens with one attached hydrogen (secondary N) is 2. The van der Waals surface area contributed by atoms with Crippen molar-refractivity contribution in [2.45, 2.75) is 32.7 Å². The molecule has 1 amide bonds. The summed E-state index contributed by atoms with van der Waals surface area (Å²) in [5.41, 5.74) is 1.81. The highest BCUT2D eigenvalue weighted by molar-refractivity contribution is 5.90. The van der Waals surface area contributed by atoms with E-state index in [0.29, 0.717) is 6.42 Å². The fraction of sp³-hybridized carbons (Fsp3) is 0.375. The molecular formula is C16H19N2O3-. The van der Waals surface area contributed by atoms with Gasteiger partial charge in [-0.25, -0.2) is 0 Å². The number of H-pyrrole nitrogens is 1. The van der Waals surface area contributed by atoms with Gasteiger partial charge < -0.3 is 20.2 Å². The van der Waals surface area contributed by atoms with Gasteiger partial charge in [-0.15, -0.1) is 0 Å². The van der Waals surface area contributed by atoms with Crippen molar-refractivity contribution < 1.29 is 14.7 Å². The zero-order valence-electron chi connectivity index (χ0n) is 12.2. The van der Waals surface area contributed by atoms with E-state index in [9.17, 15) is 14.7 Å². The van der Waals surface area contributed by atoms with Gasteiger partial charge in [-0.2, -0.15) is 0 Å². The molecule has 0 aliphatic heterocycles. The van der Waals surface area contributed by atoms with Crippen LogP contribution in [0.15, 0.2) is 30.5 Å². The van der Waals surface area contributed by atoms with Crippen LogP contribution in [0.2, 0.25) is 0 Å². The summed E-state index contributed by atoms with van der Waals surface area (Å²) in [6.07, 6.45) is 2.58. The highest BCUT2D eigenvalue weighted by Gasteiger charge is 2.20. The number of carbonyl (C=O) groups excluding carboxylic acids is 2. The van der Waals surface area contributed by atoms with Gasteiger partial charge in [0.1, 0.15) is 0 Å². The van der Waals surface area contributed by atoms with Gasteiger partial charge in [0.25, 0.3) is 0 Å². The van der Waals surface area contributed by atoms with Crippen LogP contribution in [-0.2, 0) is 16.0 Å². The van der Waals surface area contributed by atoms with Crippen molar-refractivity contribution in [1.82, 2.24) is 10.3 Å². The molecule has 0 saturated heterocycles. The number of amides is 1. The summed E-state index contributed by atoms with van der Waals surface area (Å²) in [6.45, 7) is 3.67. The lowest BCUT2D eigenvalue weighted by Gasteiger charge is -2.25. The van der Waals surface area contributed by atoms with Crippen molar-refractivity contribution in [2.75, 3.05) is 0 Å². The molecule has 0 spiro atoms. The highest BCUT2D eigenvalue weighted by Crippen LogP contribution is 2.18. The average Bonchev–Trinajstić information content (AvgIpc) is 2.87. The van der Waals surface area contributed by atoms with Crippen LogP contribution in [0.3, 0.4) is 0 Å². The van der Waals surface area contributed by atoms with Crippen LogP contribution in [0.25, 0.3) is 10.9 Å². The molecule has 0 bridgehead atoms. The first-order valence-electron chi connectivity index (χ1n) is 7.08. The smallest absolute Gasteiger partial charge is 0.225 e. The van der Waals surface area contributed by atoms with Gasteiger partial charge in [-0.05, 0) is 17.5 Å². The summed E-state index contributed by atoms with van der Waals surface area (Å²) in [7, 11) is 0. The number of carboxylic acid groups (broad SMARTS) is 1. The Kier molecular flexibility index (Phi) is 4.62. The van der Waals surface area contributed by atoms with Gasteiger partial charge in [-0.1, -0.05) is 38.5 Å². The van der Waals surface area contributed by atoms with Crippen LogP contribution in [-0.4, -0.2) is 22.9 Å². The highest BCUT2D eigenvalue weighted by atomic mass is 16.4. The second-order valence-corrected chi connectivity index (χ2v) is 5.29. The number of fused-ring (bicyclic) bond motifs is 1. The number of para-hydroxylation sites is 1. The molecule has 5 nitrogen and oxygen atoms in total. The second-order valence-electron chi connectivity index (χ2n) is 5.29. The molecule has 2 rings (SSSR count). The molecule has 112 valence electrons. The number of aromatic nitrogens is 1. The van der Waals surface area contributed by atoms with Crippen molar-refractivity contribution in [3.8, 4) is 0 Å². The number of hydrogen-bond acceptors (Lipinski definition) is 3. The zero-order chi connectivity index (χ0) is 15.4. The molecule has 0 unspecified atom stereocenters. The number of rotatable bonds is 6. The first-order valence-corrected chi connectivity index (χ1v) is 7.08. The molecule has 0 radical (unpaired) electrons. The first-order chi connectivity index (χ1) is 10.0. The molecule has 2 aromatic rings. The maximum Gasteiger partial charge on any atom is 0.225 e. The monoisotopic (exact) mass is 287 g/mol. The molecule has 0 aliphatic rings. The SMILES string of the molecule is CC[C@@H](C)[C@H](NC(=O)Cc1c[nH]c2ccccc12)C(=O)[O-]. The lowest BCUT2D eigenvalue weighted by atomic mass is 9.99. The largest absolute Gasteiger partial charge is 0.548 e. The Labute approximate surface area is 123 Å². The van der Waals surface area contributed by atoms with Crippen molar-refractivity contribution in [3.05, 3.63) is 36.0 Å². The van der Waals surface area contributed by atoms with Crippen LogP contribution in [0.1, 0.15) is 25.8 Å². The molecule has 1 aromatic heterocycles. The molecule has 5 heteroatoms. The van der Waals surface area contributed by atoms with E-state index in [2.05, 4.69) is 10.3 Å². The quantitative estimate of drug-likeness (QED) is 0.831. The third kappa shape index (κ3) is 3.42. The summed E-state index contributed by atoms with van der Waals surface area (Å²) < 4.78 is 0. The lowest BCUT2D eigenvalue weighted by molar-refractivity contribution is -0.309. The molecule has 0 fully saturated rings. The van der Waals surface area contributed by atoms with E-state index in [1.165, 1.54) is 0 Å². The van der Waals surface area contributed by atoms with Gasteiger partial charge in [-0.3, -0.25) is 4.79 Å². The van der Waals surface area contributed by atoms with Gasteiger partial charge >= 0.3 is 0 Å². The maximum atomic E-state index is 12.1. The van der Waals surface area contributed by atoms with Crippen molar-refractivity contribution in [1.29, 1.82) is 0 Å². The zero-order valence-corrected chi connectivity index (χ0v) is 12.2. The van der Waals surface area contributed by atoms with E-state index >= 15 is 0 Å². The molecular weight excluding hydrogens is 268 g/mol. The first kappa shape index (κ1) is 15.1. The van der Waals surface area contributed by atoms with E-state index in [0.717, 1.165) is 16.5 Å². The fourth-order valence-electron chi connectivity index (χ4n) is 2.34. The van der Waals surface area contributed by atoms with Crippen molar-refractivity contribution >= 4 is 22.8 Å². The average molecular weight is 287 g/mol. The number of aliphatic carboxylic acids is 1. The van der Waals surface area contributed by atoms with E-state index in [1.54, 1.807) is 13.1 Å². The number of benzene rings is 1. The summed E-state index contributed by atoms with van der Waals surface area (Å²) in [6, 6.07) is 6.73. The Morgan fingerprint density at radius 2 is 2.05 bits per heavy atom. The summed E-state index contributed by atoms with van der Waals surface area (Å²) >= 11 is 0. The van der Waals surface area contributed by atoms with Gasteiger partial charge in [0.05, 0.1) is 18.4 Å². The number of carboxylic acids is 1. The van der Waals surface area contributed by atoms with E-state index in [-0.39, 0.29) is 18.2 Å². The molecule has 0 aliphatic carbocycles. The number of hydrogen-bond donors (Lipinski definition) is 2. The maximum absolute atomic E-state index is 12.1. The minimum Gasteiger partial charge on any atom is -0.548 e. The standard InChI is InChI=1S/C16H20N2O3/c1-3-10(2)15(16(20)21)18-14(19)8-11-9-17-13-7-5-4-6-12(11)13/h4-7,9-10,15,17H,3,8H2,1-2H3,(H,18,19)(H,20,21)/p-1/t10-,15+/m1/s1. The van der Waals surface area contributed by atoms with Gasteiger partial charge in [0.15, 0.2) is 0 Å². The topological polar surface area (TPSA) is 85.0 Å². The number of aromatic amines is 1. The Bertz CT molecular complexity index is 648. The predicted molar refractivity (Wildman–Crippen MR) is 78.4 cm³/mol. The van der Waals surface area contributed by atoms with E-state index in [4.69, 9.17) is 0 Å². The van der Waals surface area contributed by atoms with Crippen LogP contribution < -0.4 is 10.4 Å². The van der Waals surface area contributed by atoms with Crippen LogP contribution in [0.4, 0.5) is 0 Å². The van der Waals surface area contributed by atoms with Crippen LogP contribution in [0, 0.1) is 5.92 Å². The van der Waals surface area contributed by atoms with Crippen molar-refractivity contribution in [2.24, 2.45) is 5.92 Å². The molecule has 1 aromatic carbocycles. The third-order valence-electron chi connectivity index (χ3n) is 3.81. The Balaban J connectivity index is 2.09. The lowest BCUT2D eigenvalue weighted by Crippen LogP contribution is -2.51. The minimum absolute atomic E-state index is 0.143. The molecule has 0 saturated carbocycles. The number of carbonyl (C=O) groups is 2. The Morgan fingerprint density at radius 3 is 2.71 bits per heavy atom. The van der Waals surface area contributed by atoms with Crippen LogP contribution >= 0.6 is 0 Å². The van der Waals surface area contributed by atoms with Crippen LogP contribution in [0.5, 0.6) is 0 Å². The summed E-state index contributed by atoms with van der Waals surface area (Å²) in [4.78, 5) is 26.3. The van der Waals surface area contributed by atoms with Gasteiger partial charge in [0.2, 0.25) is 5.91 Å². The van der Waals surface area contributed by atoms with E-state index < -0.39 is 12.0 Å². The normalized spacial score (nSPS) is 13.8. The summed E-state index contributed by atoms with van der Waals surface area (Å²) in [5.74, 6) is -1.72. The third-order valence-corrected chi connectivity index (χ3v) is 3.81. The Morgan fingerprint density at radius 1 is 1.33 bits per heavy atom. The van der Waals surface area contributed by atoms with Gasteiger partial charge in [0, 0.05) is 17.1 Å². The van der Waals surface area contributed by atoms with Crippen molar-refractivity contribution in [3.63, 3.8) is 0 Å². The summed E-state index contributed by atoms with van der Waals surface area (Å²) in [5, 5.41) is 14.6. The molecule has 2 N–H and O–H groups in total. The molecule has 21 heavy (non-hydrogen) atoms. The minimum atomic E-state index is -1.24. The molecule has 1 heterocycles. The molecule has 2 atom stereocenters. The fourth-order valence-corrected chi connectivity index (χ4v) is 2.34. The second kappa shape index (κ2) is 6.43. The Hall–Kier alpha value is -2.30. The van der Waals surface area contributed by atoms with E-state index in [1.807, 2.05) is 31.2 Å². The predicted octanol–water partition coefficient (Wildman–Crippen LogP) is 0.991.